The van der Waals surface area contributed by atoms with Crippen molar-refractivity contribution in [2.45, 2.75) is 19.4 Å². The Morgan fingerprint density at radius 2 is 1.78 bits per heavy atom. The summed E-state index contributed by atoms with van der Waals surface area (Å²) in [5, 5.41) is 7.68. The number of rotatable bonds is 5. The Balaban J connectivity index is 1.80. The van der Waals surface area contributed by atoms with Gasteiger partial charge in [-0.1, -0.05) is 48.5 Å². The topological polar surface area (TPSA) is 71.0 Å². The largest absolute Gasteiger partial charge is 0.497 e. The maximum atomic E-state index is 12.8. The Hall–Kier alpha value is -3.41. The van der Waals surface area contributed by atoms with Crippen LogP contribution < -0.4 is 10.1 Å². The van der Waals surface area contributed by atoms with E-state index in [-0.39, 0.29) is 0 Å². The molecular weight excluding hydrogens is 342 g/mol. The third kappa shape index (κ3) is 3.74. The second-order valence-corrected chi connectivity index (χ2v) is 6.44. The summed E-state index contributed by atoms with van der Waals surface area (Å²) in [4.78, 5) is 25.1. The summed E-state index contributed by atoms with van der Waals surface area (Å²) >= 11 is 0. The van der Waals surface area contributed by atoms with E-state index in [4.69, 9.17) is 4.74 Å². The Morgan fingerprint density at radius 3 is 2.41 bits per heavy atom. The molecule has 2 aromatic rings. The molecule has 1 aliphatic heterocycles. The van der Waals surface area contributed by atoms with E-state index in [1.54, 1.807) is 38.3 Å². The number of benzene rings is 2. The van der Waals surface area contributed by atoms with E-state index < -0.39 is 17.5 Å². The fraction of sp³-hybridized carbons (Fsp3) is 0.190. The predicted octanol–water partition coefficient (Wildman–Crippen LogP) is 3.55. The number of hydrazone groups is 1. The summed E-state index contributed by atoms with van der Waals surface area (Å²) in [5.74, 6) is 0.247. The zero-order valence-corrected chi connectivity index (χ0v) is 15.5. The number of urea groups is 1. The van der Waals surface area contributed by atoms with Crippen molar-refractivity contribution in [1.82, 2.24) is 10.3 Å². The zero-order chi connectivity index (χ0) is 19.4. The lowest BCUT2D eigenvalue weighted by molar-refractivity contribution is -0.131. The molecule has 1 fully saturated rings. The molecule has 1 saturated heterocycles. The first-order valence-electron chi connectivity index (χ1n) is 8.52. The maximum Gasteiger partial charge on any atom is 0.346 e. The quantitative estimate of drug-likeness (QED) is 0.652. The van der Waals surface area contributed by atoms with Crippen LogP contribution in [-0.4, -0.2) is 30.3 Å². The van der Waals surface area contributed by atoms with E-state index in [9.17, 15) is 9.59 Å². The average Bonchev–Trinajstić information content (AvgIpc) is 2.90. The Labute approximate surface area is 158 Å². The van der Waals surface area contributed by atoms with Gasteiger partial charge in [0.05, 0.1) is 13.3 Å². The minimum Gasteiger partial charge on any atom is -0.497 e. The molecule has 3 amide bonds. The second kappa shape index (κ2) is 7.45. The highest BCUT2D eigenvalue weighted by molar-refractivity contribution is 6.07. The number of carbonyl (C=O) groups is 2. The van der Waals surface area contributed by atoms with Crippen LogP contribution in [0.5, 0.6) is 5.75 Å². The number of carbonyl (C=O) groups excluding carboxylic acids is 2. The summed E-state index contributed by atoms with van der Waals surface area (Å²) < 4.78 is 5.14. The van der Waals surface area contributed by atoms with Gasteiger partial charge in [-0.05, 0) is 42.7 Å². The number of ether oxygens (including phenoxy) is 1. The Bertz CT molecular complexity index is 904. The van der Waals surface area contributed by atoms with Crippen LogP contribution in [0.2, 0.25) is 0 Å². The van der Waals surface area contributed by atoms with Gasteiger partial charge in [0.15, 0.2) is 0 Å². The van der Waals surface area contributed by atoms with Gasteiger partial charge in [-0.2, -0.15) is 5.10 Å². The van der Waals surface area contributed by atoms with Crippen LogP contribution >= 0.6 is 0 Å². The van der Waals surface area contributed by atoms with Crippen LogP contribution in [0.25, 0.3) is 6.08 Å². The van der Waals surface area contributed by atoms with Gasteiger partial charge in [-0.25, -0.2) is 4.79 Å². The lowest BCUT2D eigenvalue weighted by Gasteiger charge is -2.21. The van der Waals surface area contributed by atoms with Gasteiger partial charge in [0, 0.05) is 0 Å². The molecule has 0 unspecified atom stereocenters. The Morgan fingerprint density at radius 1 is 1.11 bits per heavy atom. The van der Waals surface area contributed by atoms with E-state index in [0.29, 0.717) is 11.3 Å². The summed E-state index contributed by atoms with van der Waals surface area (Å²) in [7, 11) is 1.57. The number of hydrogen-bond acceptors (Lipinski definition) is 4. The van der Waals surface area contributed by atoms with Crippen molar-refractivity contribution >= 4 is 24.2 Å². The lowest BCUT2D eigenvalue weighted by atomic mass is 9.92. The van der Waals surface area contributed by atoms with E-state index in [2.05, 4.69) is 10.4 Å². The van der Waals surface area contributed by atoms with Gasteiger partial charge >= 0.3 is 6.03 Å². The number of hydrogen-bond donors (Lipinski definition) is 1. The first-order chi connectivity index (χ1) is 12.9. The van der Waals surface area contributed by atoms with Crippen molar-refractivity contribution in [2.24, 2.45) is 5.10 Å². The van der Waals surface area contributed by atoms with Crippen LogP contribution in [0.3, 0.4) is 0 Å². The highest BCUT2D eigenvalue weighted by Crippen LogP contribution is 2.30. The fourth-order valence-corrected chi connectivity index (χ4v) is 2.85. The number of nitrogens with one attached hydrogen (secondary N) is 1. The molecule has 0 radical (unpaired) electrons. The van der Waals surface area contributed by atoms with Gasteiger partial charge in [-0.15, -0.1) is 5.01 Å². The molecule has 6 nitrogen and oxygen atoms in total. The maximum absolute atomic E-state index is 12.8. The van der Waals surface area contributed by atoms with E-state index in [1.165, 1.54) is 6.21 Å². The monoisotopic (exact) mass is 363 g/mol. The molecule has 0 spiro atoms. The molecule has 1 N–H and O–H groups in total. The van der Waals surface area contributed by atoms with E-state index in [0.717, 1.165) is 16.1 Å². The van der Waals surface area contributed by atoms with E-state index in [1.807, 2.05) is 43.3 Å². The highest BCUT2D eigenvalue weighted by Gasteiger charge is 2.49. The minimum atomic E-state index is -1.17. The molecule has 0 aliphatic carbocycles. The van der Waals surface area contributed by atoms with Crippen LogP contribution in [0.1, 0.15) is 25.0 Å². The summed E-state index contributed by atoms with van der Waals surface area (Å²) in [5.41, 5.74) is 1.33. The molecule has 0 aromatic heterocycles. The molecule has 1 heterocycles. The SMILES string of the molecule is COc1ccc([C@@]2(C)NC(=O)N(/N=C\C(C)=C\c3ccccc3)C2=O)cc1. The molecule has 1 atom stereocenters. The van der Waals surface area contributed by atoms with Gasteiger partial charge < -0.3 is 10.1 Å². The summed E-state index contributed by atoms with van der Waals surface area (Å²) in [6, 6.07) is 16.2. The number of allylic oxidation sites excluding steroid dienone is 1. The number of nitrogens with zero attached hydrogens (tertiary/aromatic N) is 2. The van der Waals surface area contributed by atoms with Gasteiger partial charge in [-0.3, -0.25) is 4.79 Å². The summed E-state index contributed by atoms with van der Waals surface area (Å²) in [6.07, 6.45) is 3.43. The van der Waals surface area contributed by atoms with Crippen LogP contribution in [0.15, 0.2) is 65.3 Å². The lowest BCUT2D eigenvalue weighted by Crippen LogP contribution is -2.40. The molecule has 0 saturated carbocycles. The number of imide groups is 1. The van der Waals surface area contributed by atoms with Crippen molar-refractivity contribution in [2.75, 3.05) is 7.11 Å². The zero-order valence-electron chi connectivity index (χ0n) is 15.5. The minimum absolute atomic E-state index is 0.429. The average molecular weight is 363 g/mol. The molecule has 2 aromatic carbocycles. The van der Waals surface area contributed by atoms with Crippen LogP contribution in [0, 0.1) is 0 Å². The van der Waals surface area contributed by atoms with Crippen LogP contribution in [0.4, 0.5) is 4.79 Å². The van der Waals surface area contributed by atoms with Crippen molar-refractivity contribution in [3.8, 4) is 5.75 Å². The van der Waals surface area contributed by atoms with Gasteiger partial charge in [0.25, 0.3) is 5.91 Å². The second-order valence-electron chi connectivity index (χ2n) is 6.44. The smallest absolute Gasteiger partial charge is 0.346 e. The molecule has 6 heteroatoms. The molecule has 27 heavy (non-hydrogen) atoms. The number of methoxy groups -OCH3 is 1. The molecule has 0 bridgehead atoms. The van der Waals surface area contributed by atoms with Crippen molar-refractivity contribution in [3.63, 3.8) is 0 Å². The van der Waals surface area contributed by atoms with Crippen molar-refractivity contribution in [1.29, 1.82) is 0 Å². The summed E-state index contributed by atoms with van der Waals surface area (Å²) in [6.45, 7) is 3.52. The molecule has 138 valence electrons. The van der Waals surface area contributed by atoms with Crippen molar-refractivity contribution < 1.29 is 14.3 Å². The Kier molecular flexibility index (Phi) is 5.07. The third-order valence-electron chi connectivity index (χ3n) is 4.41. The predicted molar refractivity (Wildman–Crippen MR) is 104 cm³/mol. The standard InChI is InChI=1S/C21H21N3O3/c1-15(13-16-7-5-4-6-8-16)14-22-24-19(25)21(2,23-20(24)26)17-9-11-18(27-3)12-10-17/h4-14H,1-3H3,(H,23,26)/b15-13+,22-14-/t21-/m1/s1. The van der Waals surface area contributed by atoms with Crippen molar-refractivity contribution in [3.05, 3.63) is 71.3 Å². The van der Waals surface area contributed by atoms with Gasteiger partial charge in [0.2, 0.25) is 0 Å². The fourth-order valence-electron chi connectivity index (χ4n) is 2.85. The highest BCUT2D eigenvalue weighted by atomic mass is 16.5. The molecule has 1 aliphatic rings. The van der Waals surface area contributed by atoms with Gasteiger partial charge in [0.1, 0.15) is 11.3 Å². The van der Waals surface area contributed by atoms with Crippen LogP contribution in [-0.2, 0) is 10.3 Å². The normalized spacial score (nSPS) is 20.3. The molecule has 3 rings (SSSR count). The first-order valence-corrected chi connectivity index (χ1v) is 8.52. The first kappa shape index (κ1) is 18.4. The third-order valence-corrected chi connectivity index (χ3v) is 4.41. The van der Waals surface area contributed by atoms with E-state index >= 15 is 0 Å². The number of amides is 3. The molecular formula is C21H21N3O3.